The number of nitrogens with zero attached hydrogens (tertiary/aromatic N) is 3. The molecule has 1 aromatic rings. The Morgan fingerprint density at radius 3 is 2.77 bits per heavy atom. The molecule has 1 aliphatic heterocycles. The number of rotatable bonds is 4. The maximum absolute atomic E-state index is 12.8. The molecule has 2 aliphatic rings. The van der Waals surface area contributed by atoms with Gasteiger partial charge in [0.15, 0.2) is 0 Å². The molecule has 118 valence electrons. The van der Waals surface area contributed by atoms with Crippen LogP contribution in [0.5, 0.6) is 0 Å². The zero-order chi connectivity index (χ0) is 15.7. The lowest BCUT2D eigenvalue weighted by Gasteiger charge is -2.36. The maximum Gasteiger partial charge on any atom is 0.263 e. The fraction of sp³-hybridized carbons (Fsp3) is 0.500. The highest BCUT2D eigenvalue weighted by Gasteiger charge is 2.57. The highest BCUT2D eigenvalue weighted by Crippen LogP contribution is 2.48. The molecule has 0 N–H and O–H groups in total. The first kappa shape index (κ1) is 15.3. The number of carbonyl (C=O) groups excluding carboxylic acids is 1. The molecule has 6 heteroatoms. The Morgan fingerprint density at radius 2 is 2.18 bits per heavy atom. The van der Waals surface area contributed by atoms with E-state index < -0.39 is 5.41 Å². The highest BCUT2D eigenvalue weighted by atomic mass is 35.5. The number of hydrazone groups is 1. The minimum atomic E-state index is -0.547. The van der Waals surface area contributed by atoms with Gasteiger partial charge in [-0.25, -0.2) is 0 Å². The van der Waals surface area contributed by atoms with Gasteiger partial charge in [-0.3, -0.25) is 4.79 Å². The fourth-order valence-electron chi connectivity index (χ4n) is 2.76. The van der Waals surface area contributed by atoms with Crippen LogP contribution in [0.2, 0.25) is 5.02 Å². The molecule has 0 aromatic heterocycles. The summed E-state index contributed by atoms with van der Waals surface area (Å²) < 4.78 is 5.84. The number of hydrogen-bond donors (Lipinski definition) is 0. The summed E-state index contributed by atoms with van der Waals surface area (Å²) in [6.45, 7) is 1.32. The van der Waals surface area contributed by atoms with Crippen molar-refractivity contribution in [2.24, 2.45) is 10.5 Å². The number of carbonyl (C=O) groups is 1. The lowest BCUT2D eigenvalue weighted by atomic mass is 9.68. The number of benzene rings is 1. The van der Waals surface area contributed by atoms with E-state index in [1.165, 1.54) is 5.01 Å². The molecule has 1 aromatic carbocycles. The Morgan fingerprint density at radius 1 is 1.41 bits per heavy atom. The van der Waals surface area contributed by atoms with Crippen molar-refractivity contribution in [1.29, 1.82) is 0 Å². The molecule has 1 saturated carbocycles. The third-order valence-corrected chi connectivity index (χ3v) is 4.47. The molecule has 1 heterocycles. The predicted octanol–water partition coefficient (Wildman–Crippen LogP) is 2.75. The van der Waals surface area contributed by atoms with Crippen LogP contribution in [0.15, 0.2) is 29.4 Å². The van der Waals surface area contributed by atoms with E-state index in [0.717, 1.165) is 25.8 Å². The second-order valence-electron chi connectivity index (χ2n) is 6.09. The minimum Gasteiger partial charge on any atom is -0.478 e. The Bertz CT molecular complexity index is 611. The maximum atomic E-state index is 12.8. The molecule has 1 amide bonds. The van der Waals surface area contributed by atoms with Gasteiger partial charge >= 0.3 is 0 Å². The summed E-state index contributed by atoms with van der Waals surface area (Å²) in [6.07, 6.45) is 2.65. The van der Waals surface area contributed by atoms with Crippen LogP contribution < -0.4 is 5.01 Å². The van der Waals surface area contributed by atoms with Crippen LogP contribution in [0, 0.1) is 5.41 Å². The van der Waals surface area contributed by atoms with Crippen molar-refractivity contribution in [2.45, 2.75) is 19.3 Å². The van der Waals surface area contributed by atoms with Crippen LogP contribution in [0.3, 0.4) is 0 Å². The van der Waals surface area contributed by atoms with Gasteiger partial charge in [-0.05, 0) is 45.1 Å². The van der Waals surface area contributed by atoms with Crippen molar-refractivity contribution in [3.63, 3.8) is 0 Å². The van der Waals surface area contributed by atoms with Crippen LogP contribution in [-0.4, -0.2) is 44.0 Å². The summed E-state index contributed by atoms with van der Waals surface area (Å²) in [5, 5.41) is 6.48. The summed E-state index contributed by atoms with van der Waals surface area (Å²) in [6, 6.07) is 7.18. The lowest BCUT2D eigenvalue weighted by molar-refractivity contribution is -0.127. The van der Waals surface area contributed by atoms with Crippen molar-refractivity contribution in [3.8, 4) is 0 Å². The molecule has 0 unspecified atom stereocenters. The van der Waals surface area contributed by atoms with Crippen LogP contribution in [0.25, 0.3) is 0 Å². The molecular formula is C16H20ClN3O2. The number of ether oxygens (including phenoxy) is 1. The van der Waals surface area contributed by atoms with Crippen LogP contribution in [0.1, 0.15) is 19.3 Å². The molecule has 0 bridgehead atoms. The molecule has 3 rings (SSSR count). The summed E-state index contributed by atoms with van der Waals surface area (Å²) in [4.78, 5) is 14.8. The van der Waals surface area contributed by atoms with E-state index in [9.17, 15) is 4.79 Å². The molecule has 5 nitrogen and oxygen atoms in total. The van der Waals surface area contributed by atoms with E-state index in [1.807, 2.05) is 31.1 Å². The zero-order valence-corrected chi connectivity index (χ0v) is 13.6. The lowest BCUT2D eigenvalue weighted by Crippen LogP contribution is -2.46. The van der Waals surface area contributed by atoms with E-state index in [2.05, 4.69) is 5.10 Å². The standard InChI is InChI=1S/C16H20ClN3O2/c1-19(2)9-10-22-14-16(7-4-8-16)15(21)20(18-14)13-6-3-5-12(17)11-13/h3,5-6,11H,4,7-10H2,1-2H3. The molecule has 22 heavy (non-hydrogen) atoms. The summed E-state index contributed by atoms with van der Waals surface area (Å²) in [5.41, 5.74) is 0.143. The van der Waals surface area contributed by atoms with Crippen molar-refractivity contribution in [3.05, 3.63) is 29.3 Å². The normalized spacial score (nSPS) is 19.5. The van der Waals surface area contributed by atoms with Crippen LogP contribution in [0.4, 0.5) is 5.69 Å². The second-order valence-corrected chi connectivity index (χ2v) is 6.53. The van der Waals surface area contributed by atoms with Crippen molar-refractivity contribution in [1.82, 2.24) is 4.90 Å². The third-order valence-electron chi connectivity index (χ3n) is 4.24. The number of hydrogen-bond acceptors (Lipinski definition) is 4. The van der Waals surface area contributed by atoms with Gasteiger partial charge in [0.25, 0.3) is 5.91 Å². The van der Waals surface area contributed by atoms with Crippen LogP contribution >= 0.6 is 11.6 Å². The van der Waals surface area contributed by atoms with Crippen LogP contribution in [-0.2, 0) is 9.53 Å². The number of likely N-dealkylation sites (N-methyl/N-ethyl adjacent to an activating group) is 1. The monoisotopic (exact) mass is 321 g/mol. The van der Waals surface area contributed by atoms with Gasteiger partial charge in [0.1, 0.15) is 12.0 Å². The smallest absolute Gasteiger partial charge is 0.263 e. The number of halogens is 1. The number of amides is 1. The molecule has 1 aliphatic carbocycles. The third kappa shape index (κ3) is 2.59. The van der Waals surface area contributed by atoms with Gasteiger partial charge < -0.3 is 9.64 Å². The largest absolute Gasteiger partial charge is 0.478 e. The molecule has 0 saturated heterocycles. The van der Waals surface area contributed by atoms with E-state index in [1.54, 1.807) is 12.1 Å². The van der Waals surface area contributed by atoms with E-state index >= 15 is 0 Å². The predicted molar refractivity (Wildman–Crippen MR) is 87.2 cm³/mol. The number of anilines is 1. The van der Waals surface area contributed by atoms with Gasteiger partial charge in [0.2, 0.25) is 5.90 Å². The van der Waals surface area contributed by atoms with E-state index in [0.29, 0.717) is 23.2 Å². The molecule has 0 radical (unpaired) electrons. The SMILES string of the molecule is CN(C)CCOC1=NN(c2cccc(Cl)c2)C(=O)C12CCC2. The van der Waals surface area contributed by atoms with Gasteiger partial charge in [0, 0.05) is 11.6 Å². The molecule has 1 fully saturated rings. The minimum absolute atomic E-state index is 0.000805. The van der Waals surface area contributed by atoms with Gasteiger partial charge in [0.05, 0.1) is 5.69 Å². The first-order valence-electron chi connectivity index (χ1n) is 7.50. The van der Waals surface area contributed by atoms with E-state index in [-0.39, 0.29) is 5.91 Å². The molecule has 1 spiro atoms. The van der Waals surface area contributed by atoms with E-state index in [4.69, 9.17) is 16.3 Å². The van der Waals surface area contributed by atoms with Gasteiger partial charge in [-0.1, -0.05) is 24.1 Å². The average Bonchev–Trinajstić information content (AvgIpc) is 2.71. The Hall–Kier alpha value is -1.59. The fourth-order valence-corrected chi connectivity index (χ4v) is 2.94. The van der Waals surface area contributed by atoms with Crippen molar-refractivity contribution >= 4 is 29.1 Å². The first-order chi connectivity index (χ1) is 10.5. The van der Waals surface area contributed by atoms with Crippen molar-refractivity contribution < 1.29 is 9.53 Å². The zero-order valence-electron chi connectivity index (χ0n) is 12.9. The Kier molecular flexibility index (Phi) is 4.10. The molecular weight excluding hydrogens is 302 g/mol. The summed E-state index contributed by atoms with van der Waals surface area (Å²) >= 11 is 6.02. The van der Waals surface area contributed by atoms with Gasteiger partial charge in [-0.15, -0.1) is 5.10 Å². The molecule has 0 atom stereocenters. The highest BCUT2D eigenvalue weighted by molar-refractivity contribution is 6.31. The van der Waals surface area contributed by atoms with Crippen molar-refractivity contribution in [2.75, 3.05) is 32.3 Å². The Balaban J connectivity index is 1.83. The average molecular weight is 322 g/mol. The second kappa shape index (κ2) is 5.89. The topological polar surface area (TPSA) is 45.1 Å². The first-order valence-corrected chi connectivity index (χ1v) is 7.87. The van der Waals surface area contributed by atoms with Gasteiger partial charge in [-0.2, -0.15) is 5.01 Å². The quantitative estimate of drug-likeness (QED) is 0.856. The Labute approximate surface area is 135 Å². The summed E-state index contributed by atoms with van der Waals surface area (Å²) in [7, 11) is 3.98. The summed E-state index contributed by atoms with van der Waals surface area (Å²) in [5.74, 6) is 0.562.